The summed E-state index contributed by atoms with van der Waals surface area (Å²) in [5, 5.41) is 10.1. The Morgan fingerprint density at radius 3 is 1.36 bits per heavy atom. The molecule has 17 rings (SSSR count). The second-order valence-electron chi connectivity index (χ2n) is 26.9. The number of halogens is 5. The molecule has 16 aromatic rings. The van der Waals surface area contributed by atoms with E-state index in [4.69, 9.17) is 80.9 Å². The summed E-state index contributed by atoms with van der Waals surface area (Å²) >= 11 is 29.0. The lowest BCUT2D eigenvalue weighted by atomic mass is 10.1. The number of nitrogens with one attached hydrogen (secondary N) is 4. The lowest BCUT2D eigenvalue weighted by Gasteiger charge is -2.37. The molecule has 0 radical (unpaired) electrons. The third kappa shape index (κ3) is 26.9. The highest BCUT2D eigenvalue weighted by atomic mass is 35.5. The van der Waals surface area contributed by atoms with Crippen molar-refractivity contribution < 1.29 is 4.79 Å². The molecule has 1 fully saturated rings. The zero-order valence-corrected chi connectivity index (χ0v) is 72.2. The molecule has 31 heteroatoms. The third-order valence-electron chi connectivity index (χ3n) is 18.8. The van der Waals surface area contributed by atoms with Crippen LogP contribution in [0.4, 0.5) is 51.4 Å². The van der Waals surface area contributed by atoms with Crippen molar-refractivity contribution in [3.63, 3.8) is 0 Å². The van der Waals surface area contributed by atoms with Gasteiger partial charge >= 0.3 is 0 Å². The van der Waals surface area contributed by atoms with Crippen molar-refractivity contribution in [2.45, 2.75) is 41.0 Å². The first-order valence-corrected chi connectivity index (χ1v) is 41.3. The molecule has 0 aliphatic carbocycles. The second-order valence-corrected chi connectivity index (χ2v) is 28.7. The van der Waals surface area contributed by atoms with Crippen molar-refractivity contribution in [1.29, 1.82) is 0 Å². The minimum Gasteiger partial charge on any atom is -0.399 e. The van der Waals surface area contributed by atoms with Crippen molar-refractivity contribution in [3.8, 4) is 34.2 Å². The zero-order chi connectivity index (χ0) is 87.2. The number of rotatable bonds is 17. The fourth-order valence-electron chi connectivity index (χ4n) is 12.2. The summed E-state index contributed by atoms with van der Waals surface area (Å²) in [6, 6.07) is 83.6. The monoisotopic (exact) mass is 1740 g/mol. The number of fused-ring (bicyclic) bond motifs is 2. The van der Waals surface area contributed by atoms with Crippen LogP contribution in [0.1, 0.15) is 48.7 Å². The van der Waals surface area contributed by atoms with E-state index in [1.807, 2.05) is 228 Å². The highest BCUT2D eigenvalue weighted by molar-refractivity contribution is 6.37. The van der Waals surface area contributed by atoms with E-state index in [2.05, 4.69) is 143 Å². The van der Waals surface area contributed by atoms with Crippen LogP contribution in [0, 0.1) is 13.8 Å². The molecule has 0 spiro atoms. The lowest BCUT2D eigenvalue weighted by molar-refractivity contribution is 0.102. The van der Waals surface area contributed by atoms with Gasteiger partial charge in [-0.15, -0.1) is 0 Å². The number of carbonyl (C=O) groups excluding carboxylic acids is 1. The van der Waals surface area contributed by atoms with Gasteiger partial charge in [0.25, 0.3) is 11.5 Å². The third-order valence-corrected chi connectivity index (χ3v) is 20.3. The molecule has 1 aliphatic heterocycles. The van der Waals surface area contributed by atoms with Crippen LogP contribution in [0.15, 0.2) is 297 Å². The molecule has 12 N–H and O–H groups in total. The van der Waals surface area contributed by atoms with Crippen LogP contribution in [0.3, 0.4) is 0 Å². The highest BCUT2D eigenvalue weighted by Gasteiger charge is 2.22. The number of hydrogen-bond acceptors (Lipinski definition) is 22. The summed E-state index contributed by atoms with van der Waals surface area (Å²) < 4.78 is 3.90. The van der Waals surface area contributed by atoms with Gasteiger partial charge in [-0.3, -0.25) is 23.6 Å². The van der Waals surface area contributed by atoms with E-state index >= 15 is 0 Å². The van der Waals surface area contributed by atoms with Crippen molar-refractivity contribution in [2.24, 2.45) is 5.73 Å². The van der Waals surface area contributed by atoms with Crippen molar-refractivity contribution in [3.05, 3.63) is 345 Å². The number of nitrogens with two attached hydrogens (primary N) is 4. The van der Waals surface area contributed by atoms with E-state index in [9.17, 15) is 9.59 Å². The fourth-order valence-corrected chi connectivity index (χ4v) is 13.0. The van der Waals surface area contributed by atoms with Gasteiger partial charge in [0.15, 0.2) is 54.2 Å². The Labute approximate surface area is 739 Å². The smallest absolute Gasteiger partial charge is 0.278 e. The maximum atomic E-state index is 12.3. The molecular formula is C92H95Cl5N24O2. The predicted molar refractivity (Wildman–Crippen MR) is 503 cm³/mol. The number of nitrogen functional groups attached to an aromatic ring is 3. The summed E-state index contributed by atoms with van der Waals surface area (Å²) in [7, 11) is 0. The molecule has 123 heavy (non-hydrogen) atoms. The van der Waals surface area contributed by atoms with Crippen LogP contribution in [0.2, 0.25) is 25.8 Å². The molecule has 0 unspecified atom stereocenters. The van der Waals surface area contributed by atoms with Gasteiger partial charge in [0.1, 0.15) is 59.5 Å². The number of carbonyl (C=O) groups is 1. The number of para-hydroxylation sites is 5. The number of imidazole rings is 2. The largest absolute Gasteiger partial charge is 0.399 e. The predicted octanol–water partition coefficient (Wildman–Crippen LogP) is 19.3. The number of anilines is 9. The molecule has 0 saturated carbocycles. The molecule has 9 aromatic carbocycles. The summed E-state index contributed by atoms with van der Waals surface area (Å²) in [6.45, 7) is 21.1. The van der Waals surface area contributed by atoms with Crippen molar-refractivity contribution >= 4 is 138 Å². The average molecular weight is 1750 g/mol. The van der Waals surface area contributed by atoms with Crippen molar-refractivity contribution in [1.82, 2.24) is 78.7 Å². The van der Waals surface area contributed by atoms with Crippen LogP contribution in [-0.2, 0) is 0 Å². The Hall–Kier alpha value is -13.3. The zero-order valence-electron chi connectivity index (χ0n) is 68.5. The van der Waals surface area contributed by atoms with Gasteiger partial charge in [0, 0.05) is 77.0 Å². The maximum Gasteiger partial charge on any atom is 0.278 e. The van der Waals surface area contributed by atoms with Crippen LogP contribution in [0.5, 0.6) is 0 Å². The molecule has 1 aliphatic rings. The Balaban J connectivity index is 0.000000152. The quantitative estimate of drug-likeness (QED) is 0.0310. The maximum absolute atomic E-state index is 12.3. The number of hydrogen-bond donors (Lipinski definition) is 8. The molecule has 7 aromatic heterocycles. The van der Waals surface area contributed by atoms with Crippen LogP contribution >= 0.6 is 58.0 Å². The van der Waals surface area contributed by atoms with Gasteiger partial charge in [-0.2, -0.15) is 0 Å². The van der Waals surface area contributed by atoms with Crippen LogP contribution < -0.4 is 49.3 Å². The Morgan fingerprint density at radius 1 is 0.455 bits per heavy atom. The molecule has 0 bridgehead atoms. The van der Waals surface area contributed by atoms with Gasteiger partial charge in [0.05, 0.1) is 6.33 Å². The summed E-state index contributed by atoms with van der Waals surface area (Å²) in [6.07, 6.45) is 7.93. The summed E-state index contributed by atoms with van der Waals surface area (Å²) in [5.74, 6) is 2.16. The van der Waals surface area contributed by atoms with Gasteiger partial charge in [-0.05, 0) is 143 Å². The number of amides is 1. The molecule has 26 nitrogen and oxygen atoms in total. The average Bonchev–Trinajstić information content (AvgIpc) is 1.62. The van der Waals surface area contributed by atoms with Crippen molar-refractivity contribution in [2.75, 3.05) is 97.0 Å². The number of benzene rings is 9. The van der Waals surface area contributed by atoms with E-state index in [0.29, 0.717) is 61.9 Å². The van der Waals surface area contributed by atoms with E-state index < -0.39 is 0 Å². The first-order valence-electron chi connectivity index (χ1n) is 39.4. The summed E-state index contributed by atoms with van der Waals surface area (Å²) in [4.78, 5) is 79.3. The molecule has 1 amide bonds. The SMILES string of the molecule is CCN(CC)CC.Cc1cccc(N2CCN(CCCN)CC2)c1C.Clc1ncnc2c1nc(-c1ccccc1)n2-c1ccccc1.Nc1c(Cl)ncnc1Cl.Nc1c(Cl)ncnc1Nc1ccccc1.Nc1ccccc1.O=C(Nc1c(Cl)ncnc1Nc1ccccc1)c1ccccc1.O=c1[nH]cnc2c1nc(-c1ccccc1)n2-c1ccccc1. The van der Waals surface area contributed by atoms with Crippen LogP contribution in [0.25, 0.3) is 56.5 Å². The number of nitrogens with zero attached hydrogens (tertiary/aromatic N) is 16. The Bertz CT molecular complexity index is 5930. The second kappa shape index (κ2) is 48.2. The first kappa shape index (κ1) is 92.0. The van der Waals surface area contributed by atoms with E-state index in [1.165, 1.54) is 68.1 Å². The van der Waals surface area contributed by atoms with Gasteiger partial charge in [-0.1, -0.05) is 261 Å². The van der Waals surface area contributed by atoms with Gasteiger partial charge in [-0.25, -0.2) is 54.8 Å². The van der Waals surface area contributed by atoms with Crippen LogP contribution in [-0.4, -0.2) is 144 Å². The van der Waals surface area contributed by atoms with E-state index in [0.717, 1.165) is 91.1 Å². The van der Waals surface area contributed by atoms with E-state index in [-0.39, 0.29) is 37.8 Å². The molecular weight excluding hydrogens is 1650 g/mol. The highest BCUT2D eigenvalue weighted by Crippen LogP contribution is 2.33. The number of aryl methyl sites for hydroxylation is 1. The normalized spacial score (nSPS) is 11.3. The minimum atomic E-state index is -0.279. The topological polar surface area (TPSA) is 351 Å². The standard InChI is InChI=1S/C17H13ClN4O.C17H11ClN4.C17H12N4O.C15H25N3.C10H9ClN4.C6H7N.C6H15N.C4H3Cl2N3/c18-15-14(22-17(23)12-7-3-1-4-8-12)16(20-11-19-15)21-13-9-5-2-6-10-13;18-15-14-17(20-11-19-15)22(13-9-5-2-6-10-13)16(21-14)12-7-3-1-4-8-12;22-17-14-16(18-11-19-17)21(13-9-5-2-6-10-13)15(20-14)12-7-3-1-4-8-12;1-13-5-3-6-15(14(13)2)18-11-9-17(10-12-18)8-4-7-16;11-9-8(12)10(14-6-13-9)15-7-4-2-1-3-5-7;7-6-4-2-1-3-5-6;1-4-7(5-2)6-3;5-3-2(7)4(6)9-1-8-3/h1-11H,(H,22,23)(H,19,20,21);1-11H;1-11H,(H,18,19,22);3,5-6H,4,7-12,16H2,1-2H3;1-6H,12H2,(H,13,14,15);1-5H,7H2;4-6H2,1-3H3;1H,7H2. The molecule has 630 valence electrons. The number of aromatic nitrogens is 14. The molecule has 8 heterocycles. The lowest BCUT2D eigenvalue weighted by Crippen LogP contribution is -2.47. The van der Waals surface area contributed by atoms with E-state index in [1.54, 1.807) is 24.3 Å². The van der Waals surface area contributed by atoms with Gasteiger partial charge < -0.3 is 53.7 Å². The fraction of sp³-hybridized carbons (Fsp3) is 0.163. The van der Waals surface area contributed by atoms with Gasteiger partial charge in [0.2, 0.25) is 0 Å². The minimum absolute atomic E-state index is 0.169. The Morgan fingerprint density at radius 2 is 0.878 bits per heavy atom. The number of piperazine rings is 1. The molecule has 0 atom stereocenters. The number of aromatic amines is 1. The number of H-pyrrole nitrogens is 1. The molecule has 1 saturated heterocycles. The first-order chi connectivity index (χ1) is 59.9. The Kier molecular flexibility index (Phi) is 36.1. The summed E-state index contributed by atoms with van der Waals surface area (Å²) in [5.41, 5.74) is 35.9.